The SMILES string of the molecule is COC(=O)CN(c1ccc(CC#N)cc1)S(=O)(=O)c1ccc(Cl)cc1. The average Bonchev–Trinajstić information content (AvgIpc) is 2.61. The molecule has 0 radical (unpaired) electrons. The summed E-state index contributed by atoms with van der Waals surface area (Å²) in [5.74, 6) is -0.696. The molecular weight excluding hydrogens is 364 g/mol. The Morgan fingerprint density at radius 3 is 2.28 bits per heavy atom. The van der Waals surface area contributed by atoms with Gasteiger partial charge in [-0.25, -0.2) is 8.42 Å². The summed E-state index contributed by atoms with van der Waals surface area (Å²) in [6.07, 6.45) is 0.210. The number of halogens is 1. The largest absolute Gasteiger partial charge is 0.468 e. The lowest BCUT2D eigenvalue weighted by atomic mass is 10.1. The van der Waals surface area contributed by atoms with Crippen LogP contribution in [-0.2, 0) is 26.0 Å². The van der Waals surface area contributed by atoms with Crippen LogP contribution in [0.1, 0.15) is 5.56 Å². The van der Waals surface area contributed by atoms with Crippen molar-refractivity contribution in [3.63, 3.8) is 0 Å². The van der Waals surface area contributed by atoms with Crippen molar-refractivity contribution in [2.24, 2.45) is 0 Å². The first kappa shape index (κ1) is 18.8. The highest BCUT2D eigenvalue weighted by Gasteiger charge is 2.27. The number of sulfonamides is 1. The molecule has 0 aliphatic heterocycles. The molecule has 0 fully saturated rings. The number of nitriles is 1. The normalized spacial score (nSPS) is 10.8. The minimum Gasteiger partial charge on any atom is -0.468 e. The molecule has 0 spiro atoms. The zero-order valence-electron chi connectivity index (χ0n) is 13.3. The molecule has 0 aromatic heterocycles. The summed E-state index contributed by atoms with van der Waals surface area (Å²) in [5, 5.41) is 9.12. The molecule has 0 atom stereocenters. The first-order chi connectivity index (χ1) is 11.9. The lowest BCUT2D eigenvalue weighted by molar-refractivity contribution is -0.138. The average molecular weight is 379 g/mol. The van der Waals surface area contributed by atoms with Gasteiger partial charge in [0.15, 0.2) is 0 Å². The molecule has 0 bridgehead atoms. The minimum atomic E-state index is -3.99. The van der Waals surface area contributed by atoms with Gasteiger partial charge in [-0.05, 0) is 42.0 Å². The van der Waals surface area contributed by atoms with Crippen molar-refractivity contribution in [2.75, 3.05) is 18.0 Å². The van der Waals surface area contributed by atoms with Crippen molar-refractivity contribution in [3.05, 3.63) is 59.1 Å². The highest BCUT2D eigenvalue weighted by Crippen LogP contribution is 2.25. The van der Waals surface area contributed by atoms with Crippen LogP contribution in [0.5, 0.6) is 0 Å². The minimum absolute atomic E-state index is 0.00176. The number of esters is 1. The van der Waals surface area contributed by atoms with Gasteiger partial charge in [0, 0.05) is 5.02 Å². The van der Waals surface area contributed by atoms with Gasteiger partial charge < -0.3 is 4.74 Å². The summed E-state index contributed by atoms with van der Waals surface area (Å²) in [7, 11) is -2.81. The standard InChI is InChI=1S/C17H15ClN2O4S/c1-24-17(21)12-20(15-6-2-13(3-7-15)10-11-19)25(22,23)16-8-4-14(18)5-9-16/h2-9H,10,12H2,1H3. The number of rotatable bonds is 6. The maximum Gasteiger partial charge on any atom is 0.326 e. The highest BCUT2D eigenvalue weighted by atomic mass is 35.5. The van der Waals surface area contributed by atoms with Crippen molar-refractivity contribution < 1.29 is 17.9 Å². The third kappa shape index (κ3) is 4.50. The van der Waals surface area contributed by atoms with E-state index in [0.717, 1.165) is 9.87 Å². The molecule has 2 aromatic rings. The Balaban J connectivity index is 2.46. The van der Waals surface area contributed by atoms with E-state index >= 15 is 0 Å². The van der Waals surface area contributed by atoms with E-state index in [1.807, 2.05) is 6.07 Å². The third-order valence-electron chi connectivity index (χ3n) is 3.41. The second-order valence-electron chi connectivity index (χ2n) is 5.04. The number of anilines is 1. The van der Waals surface area contributed by atoms with E-state index in [0.29, 0.717) is 10.7 Å². The lowest BCUT2D eigenvalue weighted by Crippen LogP contribution is -2.36. The van der Waals surface area contributed by atoms with E-state index in [1.54, 1.807) is 24.3 Å². The highest BCUT2D eigenvalue weighted by molar-refractivity contribution is 7.92. The fraction of sp³-hybridized carbons (Fsp3) is 0.176. The number of nitrogens with zero attached hydrogens (tertiary/aromatic N) is 2. The van der Waals surface area contributed by atoms with Crippen LogP contribution in [0.25, 0.3) is 0 Å². The molecule has 2 aromatic carbocycles. The van der Waals surface area contributed by atoms with Crippen LogP contribution in [0.15, 0.2) is 53.4 Å². The number of hydrogen-bond acceptors (Lipinski definition) is 5. The van der Waals surface area contributed by atoms with E-state index in [9.17, 15) is 13.2 Å². The van der Waals surface area contributed by atoms with E-state index in [4.69, 9.17) is 16.9 Å². The molecule has 0 heterocycles. The Hall–Kier alpha value is -2.56. The molecule has 8 heteroatoms. The van der Waals surface area contributed by atoms with Gasteiger partial charge in [-0.1, -0.05) is 23.7 Å². The van der Waals surface area contributed by atoms with Gasteiger partial charge in [0.25, 0.3) is 10.0 Å². The Labute approximate surface area is 151 Å². The predicted octanol–water partition coefficient (Wildman–Crippen LogP) is 2.77. The van der Waals surface area contributed by atoms with E-state index < -0.39 is 22.5 Å². The van der Waals surface area contributed by atoms with Crippen LogP contribution in [0, 0.1) is 11.3 Å². The predicted molar refractivity (Wildman–Crippen MR) is 93.8 cm³/mol. The van der Waals surface area contributed by atoms with Crippen molar-refractivity contribution in [1.82, 2.24) is 0 Å². The summed E-state index contributed by atoms with van der Waals surface area (Å²) >= 11 is 5.80. The first-order valence-electron chi connectivity index (χ1n) is 7.19. The third-order valence-corrected chi connectivity index (χ3v) is 5.45. The van der Waals surface area contributed by atoms with E-state index in [-0.39, 0.29) is 11.3 Å². The first-order valence-corrected chi connectivity index (χ1v) is 9.01. The zero-order chi connectivity index (χ0) is 18.4. The molecule has 0 aliphatic rings. The smallest absolute Gasteiger partial charge is 0.326 e. The van der Waals surface area contributed by atoms with Gasteiger partial charge in [-0.3, -0.25) is 9.10 Å². The van der Waals surface area contributed by atoms with Crippen LogP contribution >= 0.6 is 11.6 Å². The Kier molecular flexibility index (Phi) is 6.02. The van der Waals surface area contributed by atoms with Crippen molar-refractivity contribution in [1.29, 1.82) is 5.26 Å². The second kappa shape index (κ2) is 8.01. The van der Waals surface area contributed by atoms with Crippen LogP contribution in [0.3, 0.4) is 0 Å². The van der Waals surface area contributed by atoms with Gasteiger partial charge >= 0.3 is 5.97 Å². The lowest BCUT2D eigenvalue weighted by Gasteiger charge is -2.23. The summed E-state index contributed by atoms with van der Waals surface area (Å²) in [4.78, 5) is 11.7. The van der Waals surface area contributed by atoms with Gasteiger partial charge in [-0.15, -0.1) is 0 Å². The molecule has 0 aliphatic carbocycles. The molecule has 2 rings (SSSR count). The van der Waals surface area contributed by atoms with Gasteiger partial charge in [0.05, 0.1) is 30.2 Å². The fourth-order valence-electron chi connectivity index (χ4n) is 2.10. The zero-order valence-corrected chi connectivity index (χ0v) is 14.9. The van der Waals surface area contributed by atoms with Crippen LogP contribution < -0.4 is 4.31 Å². The van der Waals surface area contributed by atoms with Gasteiger partial charge in [0.1, 0.15) is 6.54 Å². The quantitative estimate of drug-likeness (QED) is 0.721. The molecule has 0 saturated carbocycles. The molecule has 0 amide bonds. The maximum absolute atomic E-state index is 12.9. The number of ether oxygens (including phenoxy) is 1. The van der Waals surface area contributed by atoms with Crippen LogP contribution in [-0.4, -0.2) is 28.0 Å². The monoisotopic (exact) mass is 378 g/mol. The molecular formula is C17H15ClN2O4S. The number of carbonyl (C=O) groups excluding carboxylic acids is 1. The topological polar surface area (TPSA) is 87.5 Å². The number of hydrogen-bond donors (Lipinski definition) is 0. The molecule has 25 heavy (non-hydrogen) atoms. The Morgan fingerprint density at radius 2 is 1.76 bits per heavy atom. The number of benzene rings is 2. The molecule has 6 nitrogen and oxygen atoms in total. The summed E-state index contributed by atoms with van der Waals surface area (Å²) < 4.78 is 31.4. The molecule has 130 valence electrons. The van der Waals surface area contributed by atoms with Gasteiger partial charge in [0.2, 0.25) is 0 Å². The second-order valence-corrected chi connectivity index (χ2v) is 7.34. The van der Waals surface area contributed by atoms with E-state index in [2.05, 4.69) is 4.74 Å². The molecule has 0 unspecified atom stereocenters. The summed E-state index contributed by atoms with van der Waals surface area (Å²) in [5.41, 5.74) is 1.04. The molecule has 0 saturated heterocycles. The van der Waals surface area contributed by atoms with Crippen molar-refractivity contribution in [2.45, 2.75) is 11.3 Å². The number of methoxy groups -OCH3 is 1. The summed E-state index contributed by atoms with van der Waals surface area (Å²) in [6.45, 7) is -0.473. The van der Waals surface area contributed by atoms with Crippen molar-refractivity contribution in [3.8, 4) is 6.07 Å². The molecule has 0 N–H and O–H groups in total. The van der Waals surface area contributed by atoms with Crippen LogP contribution in [0.2, 0.25) is 5.02 Å². The Morgan fingerprint density at radius 1 is 1.16 bits per heavy atom. The summed E-state index contributed by atoms with van der Waals surface area (Å²) in [6, 6.07) is 14.0. The van der Waals surface area contributed by atoms with E-state index in [1.165, 1.54) is 31.4 Å². The van der Waals surface area contributed by atoms with Crippen LogP contribution in [0.4, 0.5) is 5.69 Å². The number of carbonyl (C=O) groups is 1. The maximum atomic E-state index is 12.9. The van der Waals surface area contributed by atoms with Gasteiger partial charge in [-0.2, -0.15) is 5.26 Å². The fourth-order valence-corrected chi connectivity index (χ4v) is 3.64. The van der Waals surface area contributed by atoms with Crippen molar-refractivity contribution >= 4 is 33.3 Å². The Bertz CT molecular complexity index is 888.